The van der Waals surface area contributed by atoms with Gasteiger partial charge in [0, 0.05) is 38.3 Å². The van der Waals surface area contributed by atoms with Crippen molar-refractivity contribution >= 4 is 11.8 Å². The lowest BCUT2D eigenvalue weighted by Gasteiger charge is -2.29. The summed E-state index contributed by atoms with van der Waals surface area (Å²) in [4.78, 5) is 2.25. The van der Waals surface area contributed by atoms with Gasteiger partial charge in [-0.15, -0.1) is 0 Å². The normalized spacial score (nSPS) is 21.0. The predicted octanol–water partition coefficient (Wildman–Crippen LogP) is 3.39. The molecule has 0 radical (unpaired) electrons. The molecule has 1 aromatic carbocycles. The number of halogens is 3. The van der Waals surface area contributed by atoms with Crippen LogP contribution in [-0.4, -0.2) is 48.7 Å². The lowest BCUT2D eigenvalue weighted by atomic mass is 10.1. The van der Waals surface area contributed by atoms with Crippen LogP contribution in [0, 0.1) is 0 Å². The molecule has 134 valence electrons. The summed E-state index contributed by atoms with van der Waals surface area (Å²) in [5, 5.41) is 3.29. The third kappa shape index (κ3) is 4.80. The average molecular weight is 360 g/mol. The molecule has 2 aliphatic heterocycles. The Hall–Kier alpha value is -0.920. The third-order valence-electron chi connectivity index (χ3n) is 4.46. The van der Waals surface area contributed by atoms with Crippen molar-refractivity contribution < 1.29 is 17.9 Å². The molecule has 3 rings (SSSR count). The molecular weight excluding hydrogens is 337 g/mol. The van der Waals surface area contributed by atoms with Crippen molar-refractivity contribution in [3.8, 4) is 5.75 Å². The van der Waals surface area contributed by atoms with Crippen LogP contribution in [0.3, 0.4) is 0 Å². The van der Waals surface area contributed by atoms with Crippen molar-refractivity contribution in [2.45, 2.75) is 31.7 Å². The van der Waals surface area contributed by atoms with Gasteiger partial charge in [-0.3, -0.25) is 4.90 Å². The van der Waals surface area contributed by atoms with E-state index in [0.29, 0.717) is 12.3 Å². The van der Waals surface area contributed by atoms with Gasteiger partial charge in [-0.05, 0) is 36.5 Å². The van der Waals surface area contributed by atoms with E-state index >= 15 is 0 Å². The zero-order chi connectivity index (χ0) is 17.0. The summed E-state index contributed by atoms with van der Waals surface area (Å²) >= 11 is 1.87. The molecular formula is C17H23F3N2OS. The standard InChI is InChI=1S/C17H23F3N2OS/c18-17(19,20)14-2-1-13(12-22-7-5-21-6-8-22)16(11-14)23-15-3-9-24-10-4-15/h1-2,11,15,21H,3-10,12H2. The van der Waals surface area contributed by atoms with Crippen molar-refractivity contribution in [2.75, 3.05) is 37.7 Å². The fraction of sp³-hybridized carbons (Fsp3) is 0.647. The van der Waals surface area contributed by atoms with Gasteiger partial charge in [0.25, 0.3) is 0 Å². The van der Waals surface area contributed by atoms with Crippen molar-refractivity contribution in [3.63, 3.8) is 0 Å². The van der Waals surface area contributed by atoms with Crippen LogP contribution >= 0.6 is 11.8 Å². The molecule has 2 fully saturated rings. The highest BCUT2D eigenvalue weighted by molar-refractivity contribution is 7.99. The molecule has 0 atom stereocenters. The van der Waals surface area contributed by atoms with Crippen LogP contribution < -0.4 is 10.1 Å². The van der Waals surface area contributed by atoms with Crippen LogP contribution in [0.5, 0.6) is 5.75 Å². The van der Waals surface area contributed by atoms with E-state index in [-0.39, 0.29) is 6.10 Å². The number of ether oxygens (including phenoxy) is 1. The van der Waals surface area contributed by atoms with Crippen molar-refractivity contribution in [3.05, 3.63) is 29.3 Å². The zero-order valence-corrected chi connectivity index (χ0v) is 14.4. The maximum atomic E-state index is 13.1. The van der Waals surface area contributed by atoms with Gasteiger partial charge in [-0.2, -0.15) is 24.9 Å². The first-order chi connectivity index (χ1) is 11.5. The van der Waals surface area contributed by atoms with E-state index in [2.05, 4.69) is 10.2 Å². The minimum absolute atomic E-state index is 0.0245. The molecule has 0 aliphatic carbocycles. The lowest BCUT2D eigenvalue weighted by Crippen LogP contribution is -2.43. The lowest BCUT2D eigenvalue weighted by molar-refractivity contribution is -0.137. The number of piperazine rings is 1. The number of alkyl halides is 3. The van der Waals surface area contributed by atoms with Crippen LogP contribution in [0.1, 0.15) is 24.0 Å². The number of nitrogens with zero attached hydrogens (tertiary/aromatic N) is 1. The first-order valence-corrected chi connectivity index (χ1v) is 9.55. The van der Waals surface area contributed by atoms with Gasteiger partial charge in [-0.25, -0.2) is 0 Å². The van der Waals surface area contributed by atoms with Crippen LogP contribution in [0.2, 0.25) is 0 Å². The third-order valence-corrected chi connectivity index (χ3v) is 5.51. The van der Waals surface area contributed by atoms with Gasteiger partial charge in [0.15, 0.2) is 0 Å². The minimum Gasteiger partial charge on any atom is -0.490 e. The fourth-order valence-corrected chi connectivity index (χ4v) is 4.12. The molecule has 24 heavy (non-hydrogen) atoms. The largest absolute Gasteiger partial charge is 0.490 e. The van der Waals surface area contributed by atoms with Crippen LogP contribution in [0.4, 0.5) is 13.2 Å². The molecule has 0 saturated carbocycles. The Balaban J connectivity index is 1.79. The summed E-state index contributed by atoms with van der Waals surface area (Å²) in [6.45, 7) is 4.27. The molecule has 0 bridgehead atoms. The number of nitrogens with one attached hydrogen (secondary N) is 1. The van der Waals surface area contributed by atoms with Gasteiger partial charge in [0.1, 0.15) is 11.9 Å². The Bertz CT molecular complexity index is 541. The van der Waals surface area contributed by atoms with Crippen molar-refractivity contribution in [1.29, 1.82) is 0 Å². The number of benzene rings is 1. The summed E-state index contributed by atoms with van der Waals surface area (Å²) in [5.74, 6) is 2.42. The van der Waals surface area contributed by atoms with E-state index in [9.17, 15) is 13.2 Å². The molecule has 2 aliphatic rings. The quantitative estimate of drug-likeness (QED) is 0.890. The Morgan fingerprint density at radius 2 is 1.88 bits per heavy atom. The number of rotatable bonds is 4. The summed E-state index contributed by atoms with van der Waals surface area (Å²) in [5.41, 5.74) is 0.217. The first-order valence-electron chi connectivity index (χ1n) is 8.40. The maximum absolute atomic E-state index is 13.1. The molecule has 0 aromatic heterocycles. The second-order valence-electron chi connectivity index (χ2n) is 6.28. The molecule has 2 saturated heterocycles. The first kappa shape index (κ1) is 17.9. The highest BCUT2D eigenvalue weighted by Gasteiger charge is 2.32. The Kier molecular flexibility index (Phi) is 5.94. The summed E-state index contributed by atoms with van der Waals surface area (Å²) in [7, 11) is 0. The van der Waals surface area contributed by atoms with Crippen molar-refractivity contribution in [2.24, 2.45) is 0 Å². The average Bonchev–Trinajstić information content (AvgIpc) is 2.57. The summed E-state index contributed by atoms with van der Waals surface area (Å²) < 4.78 is 45.2. The number of hydrogen-bond donors (Lipinski definition) is 1. The second-order valence-corrected chi connectivity index (χ2v) is 7.50. The monoisotopic (exact) mass is 360 g/mol. The highest BCUT2D eigenvalue weighted by atomic mass is 32.2. The van der Waals surface area contributed by atoms with E-state index in [0.717, 1.165) is 56.1 Å². The molecule has 0 unspecified atom stereocenters. The van der Waals surface area contributed by atoms with Gasteiger partial charge in [0.2, 0.25) is 0 Å². The molecule has 0 amide bonds. The maximum Gasteiger partial charge on any atom is 0.416 e. The van der Waals surface area contributed by atoms with E-state index < -0.39 is 11.7 Å². The van der Waals surface area contributed by atoms with Gasteiger partial charge in [0.05, 0.1) is 5.56 Å². The number of thioether (sulfide) groups is 1. The Labute approximate surface area is 144 Å². The predicted molar refractivity (Wildman–Crippen MR) is 90.6 cm³/mol. The topological polar surface area (TPSA) is 24.5 Å². The van der Waals surface area contributed by atoms with Crippen LogP contribution in [-0.2, 0) is 12.7 Å². The number of hydrogen-bond acceptors (Lipinski definition) is 4. The summed E-state index contributed by atoms with van der Waals surface area (Å²) in [6.07, 6.45) is -2.52. The zero-order valence-electron chi connectivity index (χ0n) is 13.6. The Morgan fingerprint density at radius 3 is 2.54 bits per heavy atom. The van der Waals surface area contributed by atoms with Crippen LogP contribution in [0.25, 0.3) is 0 Å². The molecule has 7 heteroatoms. The minimum atomic E-state index is -4.34. The van der Waals surface area contributed by atoms with E-state index in [1.54, 1.807) is 6.07 Å². The van der Waals surface area contributed by atoms with E-state index in [1.165, 1.54) is 12.1 Å². The molecule has 1 N–H and O–H groups in total. The molecule has 0 spiro atoms. The smallest absolute Gasteiger partial charge is 0.416 e. The SMILES string of the molecule is FC(F)(F)c1ccc(CN2CCNCC2)c(OC2CCSCC2)c1. The molecule has 1 aromatic rings. The van der Waals surface area contributed by atoms with Crippen LogP contribution in [0.15, 0.2) is 18.2 Å². The van der Waals surface area contributed by atoms with Crippen molar-refractivity contribution in [1.82, 2.24) is 10.2 Å². The Morgan fingerprint density at radius 1 is 1.17 bits per heavy atom. The van der Waals surface area contributed by atoms with E-state index in [1.807, 2.05) is 11.8 Å². The van der Waals surface area contributed by atoms with Gasteiger partial charge < -0.3 is 10.1 Å². The molecule has 3 nitrogen and oxygen atoms in total. The summed E-state index contributed by atoms with van der Waals surface area (Å²) in [6, 6.07) is 3.93. The van der Waals surface area contributed by atoms with E-state index in [4.69, 9.17) is 4.74 Å². The highest BCUT2D eigenvalue weighted by Crippen LogP contribution is 2.35. The fourth-order valence-electron chi connectivity index (χ4n) is 3.05. The van der Waals surface area contributed by atoms with Gasteiger partial charge in [-0.1, -0.05) is 6.07 Å². The van der Waals surface area contributed by atoms with Gasteiger partial charge >= 0.3 is 6.18 Å². The second kappa shape index (κ2) is 7.97. The molecule has 2 heterocycles.